The van der Waals surface area contributed by atoms with Crippen LogP contribution in [-0.2, 0) is 0 Å². The number of aromatic nitrogens is 5. The van der Waals surface area contributed by atoms with Crippen molar-refractivity contribution in [3.63, 3.8) is 0 Å². The number of methoxy groups -OCH3 is 1. The van der Waals surface area contributed by atoms with Gasteiger partial charge in [0.2, 0.25) is 0 Å². The number of urea groups is 1. The summed E-state index contributed by atoms with van der Waals surface area (Å²) < 4.78 is 33.7. The summed E-state index contributed by atoms with van der Waals surface area (Å²) in [4.78, 5) is 24.4. The lowest BCUT2D eigenvalue weighted by Crippen LogP contribution is -2.33. The average Bonchev–Trinajstić information content (AvgIpc) is 3.15. The van der Waals surface area contributed by atoms with Crippen molar-refractivity contribution in [2.45, 2.75) is 13.0 Å². The van der Waals surface area contributed by atoms with Gasteiger partial charge in [-0.1, -0.05) is 0 Å². The molecule has 2 aromatic heterocycles. The number of carbonyl (C=O) groups is 1. The molecule has 3 rings (SSSR count). The number of amides is 2. The second-order valence-electron chi connectivity index (χ2n) is 5.37. The highest BCUT2D eigenvalue weighted by molar-refractivity contribution is 5.89. The van der Waals surface area contributed by atoms with E-state index in [1.807, 2.05) is 0 Å². The molecule has 0 aliphatic carbocycles. The Balaban J connectivity index is 1.72. The van der Waals surface area contributed by atoms with Gasteiger partial charge in [0.25, 0.3) is 5.95 Å². The van der Waals surface area contributed by atoms with E-state index >= 15 is 0 Å². The lowest BCUT2D eigenvalue weighted by molar-refractivity contribution is 0.248. The van der Waals surface area contributed by atoms with Crippen LogP contribution >= 0.6 is 0 Å². The minimum Gasteiger partial charge on any atom is -0.494 e. The summed E-state index contributed by atoms with van der Waals surface area (Å²) >= 11 is 0. The fourth-order valence-electron chi connectivity index (χ4n) is 2.30. The minimum atomic E-state index is -0.836. The van der Waals surface area contributed by atoms with Crippen molar-refractivity contribution in [3.8, 4) is 11.7 Å². The van der Waals surface area contributed by atoms with Crippen LogP contribution in [0.3, 0.4) is 0 Å². The lowest BCUT2D eigenvalue weighted by Gasteiger charge is -2.15. The number of hydrogen-bond donors (Lipinski definition) is 2. The number of nitrogens with zero attached hydrogens (tertiary/aromatic N) is 5. The van der Waals surface area contributed by atoms with E-state index in [0.717, 1.165) is 12.1 Å². The summed E-state index contributed by atoms with van der Waals surface area (Å²) in [5, 5.41) is 8.84. The molecule has 9 nitrogen and oxygen atoms in total. The Morgan fingerprint density at radius 1 is 1.19 bits per heavy atom. The molecule has 0 fully saturated rings. The van der Waals surface area contributed by atoms with Gasteiger partial charge < -0.3 is 15.4 Å². The predicted molar refractivity (Wildman–Crippen MR) is 90.4 cm³/mol. The van der Waals surface area contributed by atoms with Crippen molar-refractivity contribution in [1.29, 1.82) is 0 Å². The van der Waals surface area contributed by atoms with Crippen LogP contribution in [0.25, 0.3) is 5.95 Å². The maximum atomic E-state index is 13.9. The molecule has 2 amide bonds. The Kier molecular flexibility index (Phi) is 5.20. The maximum Gasteiger partial charge on any atom is 0.319 e. The first-order valence-electron chi connectivity index (χ1n) is 7.77. The van der Waals surface area contributed by atoms with E-state index in [1.54, 1.807) is 25.4 Å². The second kappa shape index (κ2) is 7.72. The third-order valence-electron chi connectivity index (χ3n) is 3.54. The highest BCUT2D eigenvalue weighted by Crippen LogP contribution is 2.24. The van der Waals surface area contributed by atoms with Crippen molar-refractivity contribution >= 4 is 11.7 Å². The summed E-state index contributed by atoms with van der Waals surface area (Å²) in [6.45, 7) is 1.65. The highest BCUT2D eigenvalue weighted by Gasteiger charge is 2.19. The van der Waals surface area contributed by atoms with Gasteiger partial charge in [0.15, 0.2) is 23.2 Å². The normalized spacial score (nSPS) is 11.7. The van der Waals surface area contributed by atoms with Crippen LogP contribution in [0.5, 0.6) is 5.75 Å². The first kappa shape index (κ1) is 18.2. The first-order valence-corrected chi connectivity index (χ1v) is 7.77. The molecule has 0 bridgehead atoms. The van der Waals surface area contributed by atoms with Gasteiger partial charge in [0, 0.05) is 24.5 Å². The van der Waals surface area contributed by atoms with Gasteiger partial charge in [-0.3, -0.25) is 0 Å². The Labute approximate surface area is 152 Å². The van der Waals surface area contributed by atoms with Crippen LogP contribution in [0, 0.1) is 11.6 Å². The molecule has 27 heavy (non-hydrogen) atoms. The van der Waals surface area contributed by atoms with Crippen molar-refractivity contribution in [2.75, 3.05) is 12.4 Å². The molecule has 140 valence electrons. The van der Waals surface area contributed by atoms with Gasteiger partial charge >= 0.3 is 6.03 Å². The monoisotopic (exact) mass is 375 g/mol. The smallest absolute Gasteiger partial charge is 0.319 e. The van der Waals surface area contributed by atoms with E-state index in [2.05, 4.69) is 35.4 Å². The zero-order valence-electron chi connectivity index (χ0n) is 14.3. The molecule has 2 N–H and O–H groups in total. The van der Waals surface area contributed by atoms with Crippen molar-refractivity contribution < 1.29 is 18.3 Å². The number of anilines is 1. The van der Waals surface area contributed by atoms with Gasteiger partial charge in [0.05, 0.1) is 18.8 Å². The molecule has 3 aromatic rings. The van der Waals surface area contributed by atoms with E-state index in [4.69, 9.17) is 0 Å². The van der Waals surface area contributed by atoms with Crippen LogP contribution < -0.4 is 15.4 Å². The topological polar surface area (TPSA) is 107 Å². The molecular formula is C16H15F2N7O2. The van der Waals surface area contributed by atoms with Crippen molar-refractivity contribution in [2.24, 2.45) is 0 Å². The summed E-state index contributed by atoms with van der Waals surface area (Å²) in [5.41, 5.74) is -0.328. The van der Waals surface area contributed by atoms with Crippen LogP contribution in [0.4, 0.5) is 19.3 Å². The molecule has 0 spiro atoms. The summed E-state index contributed by atoms with van der Waals surface area (Å²) in [6.07, 6.45) is 4.37. The average molecular weight is 375 g/mol. The largest absolute Gasteiger partial charge is 0.494 e. The van der Waals surface area contributed by atoms with Gasteiger partial charge in [-0.15, -0.1) is 0 Å². The minimum absolute atomic E-state index is 0.261. The molecule has 0 saturated heterocycles. The fourth-order valence-corrected chi connectivity index (χ4v) is 2.30. The van der Waals surface area contributed by atoms with E-state index in [0.29, 0.717) is 5.82 Å². The van der Waals surface area contributed by atoms with Gasteiger partial charge in [0.1, 0.15) is 6.33 Å². The number of ether oxygens (including phenoxy) is 1. The van der Waals surface area contributed by atoms with Crippen LogP contribution in [0.1, 0.15) is 18.8 Å². The number of rotatable bonds is 5. The summed E-state index contributed by atoms with van der Waals surface area (Å²) in [6, 6.07) is 1.95. The van der Waals surface area contributed by atoms with Gasteiger partial charge in [-0.2, -0.15) is 9.78 Å². The van der Waals surface area contributed by atoms with Crippen LogP contribution in [-0.4, -0.2) is 37.9 Å². The summed E-state index contributed by atoms with van der Waals surface area (Å²) in [7, 11) is 1.21. The third kappa shape index (κ3) is 3.97. The van der Waals surface area contributed by atoms with E-state index in [-0.39, 0.29) is 17.4 Å². The van der Waals surface area contributed by atoms with Crippen LogP contribution in [0.2, 0.25) is 0 Å². The van der Waals surface area contributed by atoms with E-state index in [1.165, 1.54) is 18.1 Å². The van der Waals surface area contributed by atoms with Crippen molar-refractivity contribution in [1.82, 2.24) is 30.0 Å². The Hall–Kier alpha value is -3.63. The molecular weight excluding hydrogens is 360 g/mol. The van der Waals surface area contributed by atoms with E-state index in [9.17, 15) is 13.6 Å². The Morgan fingerprint density at radius 2 is 1.93 bits per heavy atom. The molecule has 0 aliphatic rings. The number of carbonyl (C=O) groups excluding carboxylic acids is 1. The first-order chi connectivity index (χ1) is 13.0. The number of benzene rings is 1. The van der Waals surface area contributed by atoms with E-state index < -0.39 is 23.7 Å². The Bertz CT molecular complexity index is 949. The van der Waals surface area contributed by atoms with Gasteiger partial charge in [-0.05, 0) is 13.0 Å². The molecule has 2 heterocycles. The highest BCUT2D eigenvalue weighted by atomic mass is 19.1. The molecule has 0 unspecified atom stereocenters. The Morgan fingerprint density at radius 3 is 2.63 bits per heavy atom. The molecule has 1 aromatic carbocycles. The molecule has 1 atom stereocenters. The molecule has 0 radical (unpaired) electrons. The predicted octanol–water partition coefficient (Wildman–Crippen LogP) is 2.23. The number of hydrogen-bond acceptors (Lipinski definition) is 6. The maximum absolute atomic E-state index is 13.9. The number of halogens is 2. The number of nitrogens with one attached hydrogen (secondary N) is 2. The van der Waals surface area contributed by atoms with Crippen molar-refractivity contribution in [3.05, 3.63) is 54.4 Å². The third-order valence-corrected chi connectivity index (χ3v) is 3.54. The summed E-state index contributed by atoms with van der Waals surface area (Å²) in [5.74, 6) is -1.26. The fraction of sp³-hybridized carbons (Fsp3) is 0.188. The molecule has 0 aliphatic heterocycles. The molecule has 11 heteroatoms. The SMILES string of the molecule is COc1cc(F)c(NC(=O)N[C@@H](C)c2ncnn2-c2ncccn2)cc1F. The second-order valence-corrected chi connectivity index (χ2v) is 5.37. The quantitative estimate of drug-likeness (QED) is 0.708. The zero-order chi connectivity index (χ0) is 19.4. The standard InChI is InChI=1S/C16H15F2N7O2/c1-9(14-21-8-22-25(14)15-19-4-3-5-20-15)23-16(26)24-12-6-11(18)13(27-2)7-10(12)17/h3-9H,1-2H3,(H2,23,24,26)/t9-/m0/s1. The van der Waals surface area contributed by atoms with Crippen LogP contribution in [0.15, 0.2) is 36.9 Å². The molecule has 0 saturated carbocycles. The lowest BCUT2D eigenvalue weighted by atomic mass is 10.2. The zero-order valence-corrected chi connectivity index (χ0v) is 14.3. The van der Waals surface area contributed by atoms with Gasteiger partial charge in [-0.25, -0.2) is 28.5 Å².